The fourth-order valence-electron chi connectivity index (χ4n) is 1.35. The first-order chi connectivity index (χ1) is 8.40. The van der Waals surface area contributed by atoms with Crippen LogP contribution in [0.4, 0.5) is 0 Å². The molecule has 0 unspecified atom stereocenters. The van der Waals surface area contributed by atoms with Gasteiger partial charge in [-0.2, -0.15) is 0 Å². The highest BCUT2D eigenvalue weighted by Crippen LogP contribution is 2.23. The molecule has 0 aliphatic heterocycles. The Labute approximate surface area is 104 Å². The molecule has 0 spiro atoms. The smallest absolute Gasteiger partial charge is 0.151 e. The maximum absolute atomic E-state index is 5.02. The van der Waals surface area contributed by atoms with Crippen molar-refractivity contribution in [3.8, 4) is 10.6 Å². The molecular formula is C11H15N3O2S. The van der Waals surface area contributed by atoms with Gasteiger partial charge in [0.05, 0.1) is 18.4 Å². The second-order valence-corrected chi connectivity index (χ2v) is 4.57. The summed E-state index contributed by atoms with van der Waals surface area (Å²) in [6.45, 7) is 2.49. The first-order valence-electron chi connectivity index (χ1n) is 5.45. The van der Waals surface area contributed by atoms with Gasteiger partial charge >= 0.3 is 0 Å². The quantitative estimate of drug-likeness (QED) is 0.759. The van der Waals surface area contributed by atoms with Gasteiger partial charge in [-0.25, -0.2) is 0 Å². The number of ether oxygens (including phenoxy) is 1. The van der Waals surface area contributed by atoms with Gasteiger partial charge in [0, 0.05) is 26.6 Å². The zero-order chi connectivity index (χ0) is 11.9. The molecular weight excluding hydrogens is 238 g/mol. The molecule has 0 saturated carbocycles. The lowest BCUT2D eigenvalue weighted by Crippen LogP contribution is -2.21. The van der Waals surface area contributed by atoms with Crippen molar-refractivity contribution in [1.29, 1.82) is 0 Å². The van der Waals surface area contributed by atoms with E-state index in [0.717, 1.165) is 41.7 Å². The van der Waals surface area contributed by atoms with Crippen molar-refractivity contribution in [2.75, 3.05) is 26.8 Å². The Morgan fingerprint density at radius 2 is 2.35 bits per heavy atom. The lowest BCUT2D eigenvalue weighted by molar-refractivity contribution is 0.199. The summed E-state index contributed by atoms with van der Waals surface area (Å²) in [5, 5.41) is 13.5. The van der Waals surface area contributed by atoms with E-state index in [4.69, 9.17) is 9.15 Å². The van der Waals surface area contributed by atoms with Crippen molar-refractivity contribution in [3.05, 3.63) is 23.6 Å². The Morgan fingerprint density at radius 3 is 3.12 bits per heavy atom. The molecule has 17 heavy (non-hydrogen) atoms. The van der Waals surface area contributed by atoms with Crippen molar-refractivity contribution in [3.63, 3.8) is 0 Å². The van der Waals surface area contributed by atoms with E-state index in [1.54, 1.807) is 31.0 Å². The van der Waals surface area contributed by atoms with E-state index in [-0.39, 0.29) is 0 Å². The maximum atomic E-state index is 5.02. The molecule has 0 atom stereocenters. The monoisotopic (exact) mass is 253 g/mol. The fraction of sp³-hybridized carbons (Fsp3) is 0.455. The van der Waals surface area contributed by atoms with Gasteiger partial charge in [0.15, 0.2) is 5.01 Å². The Balaban J connectivity index is 1.79. The van der Waals surface area contributed by atoms with Gasteiger partial charge in [0.1, 0.15) is 11.3 Å². The number of hydrogen-bond donors (Lipinski definition) is 1. The van der Waals surface area contributed by atoms with Crippen LogP contribution in [-0.2, 0) is 11.2 Å². The molecule has 5 nitrogen and oxygen atoms in total. The summed E-state index contributed by atoms with van der Waals surface area (Å²) < 4.78 is 9.97. The number of furan rings is 1. The van der Waals surface area contributed by atoms with Gasteiger partial charge in [0.2, 0.25) is 0 Å². The van der Waals surface area contributed by atoms with Gasteiger partial charge < -0.3 is 14.5 Å². The molecule has 0 fully saturated rings. The van der Waals surface area contributed by atoms with Gasteiger partial charge in [0.25, 0.3) is 0 Å². The SMILES string of the molecule is COCCNCCc1nnc(-c2ccoc2)s1. The van der Waals surface area contributed by atoms with Crippen LogP contribution in [0.1, 0.15) is 5.01 Å². The van der Waals surface area contributed by atoms with E-state index in [1.807, 2.05) is 6.07 Å². The van der Waals surface area contributed by atoms with Crippen molar-refractivity contribution >= 4 is 11.3 Å². The highest BCUT2D eigenvalue weighted by molar-refractivity contribution is 7.14. The van der Waals surface area contributed by atoms with E-state index in [1.165, 1.54) is 0 Å². The van der Waals surface area contributed by atoms with Gasteiger partial charge in [-0.1, -0.05) is 11.3 Å². The van der Waals surface area contributed by atoms with Gasteiger partial charge in [-0.15, -0.1) is 10.2 Å². The van der Waals surface area contributed by atoms with Crippen LogP contribution in [-0.4, -0.2) is 37.0 Å². The third-order valence-electron chi connectivity index (χ3n) is 2.23. The molecule has 92 valence electrons. The van der Waals surface area contributed by atoms with Crippen LogP contribution >= 0.6 is 11.3 Å². The van der Waals surface area contributed by atoms with E-state index in [0.29, 0.717) is 0 Å². The van der Waals surface area contributed by atoms with E-state index >= 15 is 0 Å². The fourth-order valence-corrected chi connectivity index (χ4v) is 2.18. The Kier molecular flexibility index (Phi) is 4.66. The van der Waals surface area contributed by atoms with Crippen molar-refractivity contribution in [2.45, 2.75) is 6.42 Å². The molecule has 2 heterocycles. The number of nitrogens with zero attached hydrogens (tertiary/aromatic N) is 2. The molecule has 6 heteroatoms. The Hall–Kier alpha value is -1.24. The highest BCUT2D eigenvalue weighted by Gasteiger charge is 2.06. The maximum Gasteiger partial charge on any atom is 0.151 e. The number of aromatic nitrogens is 2. The topological polar surface area (TPSA) is 60.2 Å². The minimum Gasteiger partial charge on any atom is -0.472 e. The van der Waals surface area contributed by atoms with Crippen LogP contribution in [0.5, 0.6) is 0 Å². The molecule has 0 bridgehead atoms. The molecule has 2 rings (SSSR count). The lowest BCUT2D eigenvalue weighted by Gasteiger charge is -2.00. The molecule has 0 aliphatic carbocycles. The summed E-state index contributed by atoms with van der Waals surface area (Å²) in [6.07, 6.45) is 4.21. The summed E-state index contributed by atoms with van der Waals surface area (Å²) in [7, 11) is 1.70. The molecule has 0 aromatic carbocycles. The molecule has 2 aromatic rings. The molecule has 0 radical (unpaired) electrons. The second kappa shape index (κ2) is 6.48. The number of rotatable bonds is 7. The van der Waals surface area contributed by atoms with Crippen molar-refractivity contribution in [2.24, 2.45) is 0 Å². The van der Waals surface area contributed by atoms with Crippen LogP contribution < -0.4 is 5.32 Å². The lowest BCUT2D eigenvalue weighted by atomic mass is 10.4. The van der Waals surface area contributed by atoms with E-state index in [9.17, 15) is 0 Å². The van der Waals surface area contributed by atoms with Crippen LogP contribution in [0.3, 0.4) is 0 Å². The first-order valence-corrected chi connectivity index (χ1v) is 6.26. The number of methoxy groups -OCH3 is 1. The minimum atomic E-state index is 0.733. The summed E-state index contributed by atoms with van der Waals surface area (Å²) in [6, 6.07) is 1.89. The standard InChI is InChI=1S/C11H15N3O2S/c1-15-7-5-12-4-2-10-13-14-11(17-10)9-3-6-16-8-9/h3,6,8,12H,2,4-5,7H2,1H3. The van der Waals surface area contributed by atoms with Crippen molar-refractivity contribution in [1.82, 2.24) is 15.5 Å². The summed E-state index contributed by atoms with van der Waals surface area (Å²) in [4.78, 5) is 0. The third kappa shape index (κ3) is 3.62. The molecule has 0 aliphatic rings. The number of nitrogens with one attached hydrogen (secondary N) is 1. The minimum absolute atomic E-state index is 0.733. The van der Waals surface area contributed by atoms with Crippen LogP contribution in [0.2, 0.25) is 0 Å². The average molecular weight is 253 g/mol. The van der Waals surface area contributed by atoms with Crippen LogP contribution in [0.25, 0.3) is 10.6 Å². The Bertz CT molecular complexity index is 428. The predicted molar refractivity (Wildman–Crippen MR) is 66.1 cm³/mol. The normalized spacial score (nSPS) is 10.9. The van der Waals surface area contributed by atoms with E-state index in [2.05, 4.69) is 15.5 Å². The second-order valence-electron chi connectivity index (χ2n) is 3.51. The third-order valence-corrected chi connectivity index (χ3v) is 3.27. The predicted octanol–water partition coefficient (Wildman–Crippen LogP) is 1.58. The average Bonchev–Trinajstić information content (AvgIpc) is 2.99. The molecule has 0 amide bonds. The van der Waals surface area contributed by atoms with Crippen molar-refractivity contribution < 1.29 is 9.15 Å². The molecule has 0 saturated heterocycles. The summed E-state index contributed by atoms with van der Waals surface area (Å²) >= 11 is 1.60. The Morgan fingerprint density at radius 1 is 1.41 bits per heavy atom. The van der Waals surface area contributed by atoms with E-state index < -0.39 is 0 Å². The number of hydrogen-bond acceptors (Lipinski definition) is 6. The van der Waals surface area contributed by atoms with Gasteiger partial charge in [-0.3, -0.25) is 0 Å². The summed E-state index contributed by atoms with van der Waals surface area (Å²) in [5.41, 5.74) is 0.987. The highest BCUT2D eigenvalue weighted by atomic mass is 32.1. The molecule has 2 aromatic heterocycles. The van der Waals surface area contributed by atoms with Crippen LogP contribution in [0, 0.1) is 0 Å². The van der Waals surface area contributed by atoms with Gasteiger partial charge in [-0.05, 0) is 6.07 Å². The van der Waals surface area contributed by atoms with Crippen LogP contribution in [0.15, 0.2) is 23.0 Å². The first kappa shape index (κ1) is 12.2. The largest absolute Gasteiger partial charge is 0.472 e. The summed E-state index contributed by atoms with van der Waals surface area (Å²) in [5.74, 6) is 0. The zero-order valence-corrected chi connectivity index (χ0v) is 10.5. The zero-order valence-electron chi connectivity index (χ0n) is 9.68. The molecule has 1 N–H and O–H groups in total.